The Kier molecular flexibility index (Phi) is 5.16. The molecule has 0 unspecified atom stereocenters. The molecule has 6 nitrogen and oxygen atoms in total. The number of rotatable bonds is 6. The van der Waals surface area contributed by atoms with E-state index in [2.05, 4.69) is 0 Å². The molecule has 0 aliphatic heterocycles. The van der Waals surface area contributed by atoms with Crippen LogP contribution in [-0.4, -0.2) is 21.6 Å². The standard InChI is InChI=1S/C15H15Cl2NO5/c1-2-10(18(21)22)8-9-4-5-11(13(17)12(9)16)23-15(14(19)20)6-3-7-15/h4-5,8H,2-3,6-7H2,1H3,(H,19,20). The lowest BCUT2D eigenvalue weighted by Gasteiger charge is -2.37. The molecule has 2 rings (SSSR count). The normalized spacial score (nSPS) is 16.6. The van der Waals surface area contributed by atoms with Crippen LogP contribution in [-0.2, 0) is 4.79 Å². The zero-order valence-electron chi connectivity index (χ0n) is 12.3. The van der Waals surface area contributed by atoms with Gasteiger partial charge in [0, 0.05) is 18.1 Å². The van der Waals surface area contributed by atoms with Crippen molar-refractivity contribution in [2.45, 2.75) is 38.2 Å². The van der Waals surface area contributed by atoms with Crippen LogP contribution in [0, 0.1) is 10.1 Å². The van der Waals surface area contributed by atoms with Gasteiger partial charge in [-0.2, -0.15) is 0 Å². The molecule has 1 saturated carbocycles. The molecule has 0 aromatic heterocycles. The minimum absolute atomic E-state index is 0.00219. The van der Waals surface area contributed by atoms with Crippen molar-refractivity contribution in [3.8, 4) is 5.75 Å². The molecule has 1 aromatic rings. The fraction of sp³-hybridized carbons (Fsp3) is 0.400. The summed E-state index contributed by atoms with van der Waals surface area (Å²) in [6, 6.07) is 3.01. The van der Waals surface area contributed by atoms with E-state index < -0.39 is 16.5 Å². The molecule has 0 radical (unpaired) electrons. The molecule has 1 aliphatic rings. The van der Waals surface area contributed by atoms with E-state index in [4.69, 9.17) is 27.9 Å². The van der Waals surface area contributed by atoms with Crippen molar-refractivity contribution in [1.82, 2.24) is 0 Å². The van der Waals surface area contributed by atoms with Gasteiger partial charge in [0.15, 0.2) is 0 Å². The van der Waals surface area contributed by atoms with Gasteiger partial charge in [0.25, 0.3) is 0 Å². The Labute approximate surface area is 142 Å². The Hall–Kier alpha value is -1.79. The third-order valence-corrected chi connectivity index (χ3v) is 4.73. The topological polar surface area (TPSA) is 89.7 Å². The fourth-order valence-electron chi connectivity index (χ4n) is 2.27. The van der Waals surface area contributed by atoms with Crippen molar-refractivity contribution in [3.05, 3.63) is 43.6 Å². The molecular formula is C15H15Cl2NO5. The minimum Gasteiger partial charge on any atom is -0.478 e. The first-order valence-corrected chi connectivity index (χ1v) is 7.81. The van der Waals surface area contributed by atoms with Crippen LogP contribution in [0.2, 0.25) is 10.0 Å². The summed E-state index contributed by atoms with van der Waals surface area (Å²) in [5.41, 5.74) is -0.882. The number of carboxylic acid groups (broad SMARTS) is 1. The Morgan fingerprint density at radius 2 is 2.09 bits per heavy atom. The smallest absolute Gasteiger partial charge is 0.348 e. The van der Waals surface area contributed by atoms with Gasteiger partial charge in [0.2, 0.25) is 11.3 Å². The van der Waals surface area contributed by atoms with Crippen LogP contribution in [0.5, 0.6) is 5.75 Å². The van der Waals surface area contributed by atoms with E-state index in [-0.39, 0.29) is 27.9 Å². The summed E-state index contributed by atoms with van der Waals surface area (Å²) in [4.78, 5) is 21.7. The lowest BCUT2D eigenvalue weighted by atomic mass is 9.80. The zero-order valence-corrected chi connectivity index (χ0v) is 13.9. The Morgan fingerprint density at radius 1 is 1.43 bits per heavy atom. The maximum Gasteiger partial charge on any atom is 0.348 e. The van der Waals surface area contributed by atoms with Crippen molar-refractivity contribution in [2.75, 3.05) is 0 Å². The second-order valence-electron chi connectivity index (χ2n) is 5.28. The first kappa shape index (κ1) is 17.6. The molecule has 23 heavy (non-hydrogen) atoms. The number of nitrogens with zero attached hydrogens (tertiary/aromatic N) is 1. The maximum absolute atomic E-state index is 11.3. The largest absolute Gasteiger partial charge is 0.478 e. The second-order valence-corrected chi connectivity index (χ2v) is 6.04. The van der Waals surface area contributed by atoms with E-state index in [0.717, 1.165) is 6.42 Å². The molecule has 8 heteroatoms. The van der Waals surface area contributed by atoms with Gasteiger partial charge >= 0.3 is 5.97 Å². The first-order valence-electron chi connectivity index (χ1n) is 7.06. The summed E-state index contributed by atoms with van der Waals surface area (Å²) in [6.07, 6.45) is 3.15. The van der Waals surface area contributed by atoms with E-state index in [1.807, 2.05) is 0 Å². The molecule has 1 aliphatic carbocycles. The first-order chi connectivity index (χ1) is 10.8. The zero-order chi connectivity index (χ0) is 17.2. The van der Waals surface area contributed by atoms with Crippen LogP contribution < -0.4 is 4.74 Å². The van der Waals surface area contributed by atoms with Gasteiger partial charge in [-0.15, -0.1) is 0 Å². The number of allylic oxidation sites excluding steroid dienone is 1. The molecule has 0 saturated heterocycles. The number of benzene rings is 1. The number of carboxylic acids is 1. The third-order valence-electron chi connectivity index (χ3n) is 3.85. The summed E-state index contributed by atoms with van der Waals surface area (Å²) in [7, 11) is 0. The summed E-state index contributed by atoms with van der Waals surface area (Å²) < 4.78 is 5.57. The minimum atomic E-state index is -1.26. The van der Waals surface area contributed by atoms with Crippen molar-refractivity contribution in [2.24, 2.45) is 0 Å². The Balaban J connectivity index is 2.34. The molecule has 1 fully saturated rings. The number of nitro groups is 1. The summed E-state index contributed by atoms with van der Waals surface area (Å²) >= 11 is 12.3. The van der Waals surface area contributed by atoms with E-state index >= 15 is 0 Å². The van der Waals surface area contributed by atoms with E-state index in [0.29, 0.717) is 18.4 Å². The van der Waals surface area contributed by atoms with Gasteiger partial charge in [0.05, 0.1) is 9.95 Å². The van der Waals surface area contributed by atoms with Crippen LogP contribution in [0.25, 0.3) is 6.08 Å². The predicted octanol–water partition coefficient (Wildman–Crippen LogP) is 4.41. The summed E-state index contributed by atoms with van der Waals surface area (Å²) in [5, 5.41) is 20.3. The van der Waals surface area contributed by atoms with Gasteiger partial charge in [-0.05, 0) is 31.4 Å². The monoisotopic (exact) mass is 359 g/mol. The van der Waals surface area contributed by atoms with Crippen molar-refractivity contribution >= 4 is 35.2 Å². The van der Waals surface area contributed by atoms with E-state index in [1.165, 1.54) is 18.2 Å². The average Bonchev–Trinajstić information content (AvgIpc) is 2.45. The van der Waals surface area contributed by atoms with Crippen LogP contribution in [0.3, 0.4) is 0 Å². The van der Waals surface area contributed by atoms with Crippen LogP contribution in [0.1, 0.15) is 38.2 Å². The van der Waals surface area contributed by atoms with Gasteiger partial charge in [-0.25, -0.2) is 4.79 Å². The number of hydrogen-bond acceptors (Lipinski definition) is 4. The molecular weight excluding hydrogens is 345 g/mol. The van der Waals surface area contributed by atoms with Crippen LogP contribution in [0.15, 0.2) is 17.8 Å². The fourth-order valence-corrected chi connectivity index (χ4v) is 2.69. The summed E-state index contributed by atoms with van der Waals surface area (Å²) in [5.74, 6) is -0.878. The van der Waals surface area contributed by atoms with Crippen molar-refractivity contribution in [1.29, 1.82) is 0 Å². The van der Waals surface area contributed by atoms with Crippen LogP contribution in [0.4, 0.5) is 0 Å². The quantitative estimate of drug-likeness (QED) is 0.600. The lowest BCUT2D eigenvalue weighted by Crippen LogP contribution is -2.50. The molecule has 0 bridgehead atoms. The van der Waals surface area contributed by atoms with Crippen molar-refractivity contribution in [3.63, 3.8) is 0 Å². The predicted molar refractivity (Wildman–Crippen MR) is 86.6 cm³/mol. The highest BCUT2D eigenvalue weighted by atomic mass is 35.5. The molecule has 0 spiro atoms. The Bertz CT molecular complexity index is 683. The number of aliphatic carboxylic acids is 1. The van der Waals surface area contributed by atoms with Gasteiger partial charge in [-0.3, -0.25) is 10.1 Å². The highest BCUT2D eigenvalue weighted by Crippen LogP contribution is 2.42. The second kappa shape index (κ2) is 6.76. The number of halogens is 2. The molecule has 1 N–H and O–H groups in total. The van der Waals surface area contributed by atoms with Gasteiger partial charge in [-0.1, -0.05) is 30.1 Å². The van der Waals surface area contributed by atoms with E-state index in [1.54, 1.807) is 6.92 Å². The Morgan fingerprint density at radius 3 is 2.52 bits per heavy atom. The number of hydrogen-bond donors (Lipinski definition) is 1. The molecule has 124 valence electrons. The van der Waals surface area contributed by atoms with E-state index in [9.17, 15) is 20.0 Å². The van der Waals surface area contributed by atoms with Crippen molar-refractivity contribution < 1.29 is 19.6 Å². The number of ether oxygens (including phenoxy) is 1. The average molecular weight is 360 g/mol. The highest BCUT2D eigenvalue weighted by Gasteiger charge is 2.47. The molecule has 0 amide bonds. The number of carbonyl (C=O) groups is 1. The van der Waals surface area contributed by atoms with Gasteiger partial charge < -0.3 is 9.84 Å². The van der Waals surface area contributed by atoms with Crippen LogP contribution >= 0.6 is 23.2 Å². The third kappa shape index (κ3) is 3.43. The molecule has 0 atom stereocenters. The SMILES string of the molecule is CCC(=Cc1ccc(OC2(C(=O)O)CCC2)c(Cl)c1Cl)[N+](=O)[O-]. The maximum atomic E-state index is 11.3. The summed E-state index contributed by atoms with van der Waals surface area (Å²) in [6.45, 7) is 1.66. The van der Waals surface area contributed by atoms with Gasteiger partial charge in [0.1, 0.15) is 10.8 Å². The lowest BCUT2D eigenvalue weighted by molar-refractivity contribution is -0.425. The molecule has 1 aromatic carbocycles. The highest BCUT2D eigenvalue weighted by molar-refractivity contribution is 6.43. The molecule has 0 heterocycles.